The van der Waals surface area contributed by atoms with Crippen LogP contribution in [0.25, 0.3) is 0 Å². The van der Waals surface area contributed by atoms with Gasteiger partial charge in [0.05, 0.1) is 5.56 Å². The molecule has 180 valence electrons. The standard InChI is InChI=1S/C30H31FN2O2/c1-19-8-9-23(22(4)15-19)18-32-10-12-33(13-11-32)30(24-16-20(2)14-21(3)17-24)28(34)25-6-5-7-26(31)27(25)29(30)35/h5-9,14-17H,10-13,18H2,1-4H3. The van der Waals surface area contributed by atoms with Crippen LogP contribution in [0.4, 0.5) is 4.39 Å². The summed E-state index contributed by atoms with van der Waals surface area (Å²) in [5.74, 6) is -1.38. The van der Waals surface area contributed by atoms with E-state index in [1.54, 1.807) is 6.07 Å². The number of ketones is 2. The van der Waals surface area contributed by atoms with Crippen LogP contribution in [0.5, 0.6) is 0 Å². The average Bonchev–Trinajstić information content (AvgIpc) is 3.04. The molecule has 35 heavy (non-hydrogen) atoms. The van der Waals surface area contributed by atoms with Gasteiger partial charge in [-0.3, -0.25) is 19.4 Å². The molecular weight excluding hydrogens is 439 g/mol. The van der Waals surface area contributed by atoms with E-state index in [1.807, 2.05) is 36.9 Å². The van der Waals surface area contributed by atoms with Gasteiger partial charge < -0.3 is 0 Å². The van der Waals surface area contributed by atoms with Crippen molar-refractivity contribution >= 4 is 11.6 Å². The van der Waals surface area contributed by atoms with Gasteiger partial charge in [-0.1, -0.05) is 65.2 Å². The summed E-state index contributed by atoms with van der Waals surface area (Å²) in [6.07, 6.45) is 0. The minimum absolute atomic E-state index is 0.0747. The van der Waals surface area contributed by atoms with Crippen LogP contribution in [-0.2, 0) is 12.1 Å². The second-order valence-corrected chi connectivity index (χ2v) is 10.1. The molecule has 3 aromatic carbocycles. The number of Topliss-reactive ketones (excluding diaryl/α,β-unsaturated/α-hetero) is 2. The first-order valence-corrected chi connectivity index (χ1v) is 12.2. The Balaban J connectivity index is 1.51. The zero-order chi connectivity index (χ0) is 24.9. The number of hydrogen-bond acceptors (Lipinski definition) is 4. The molecule has 0 N–H and O–H groups in total. The van der Waals surface area contributed by atoms with Crippen molar-refractivity contribution in [3.05, 3.63) is 105 Å². The molecule has 1 saturated heterocycles. The average molecular weight is 471 g/mol. The Morgan fingerprint density at radius 2 is 1.49 bits per heavy atom. The minimum Gasteiger partial charge on any atom is -0.297 e. The van der Waals surface area contributed by atoms with Crippen molar-refractivity contribution in [1.82, 2.24) is 9.80 Å². The molecule has 1 unspecified atom stereocenters. The van der Waals surface area contributed by atoms with Gasteiger partial charge in [-0.2, -0.15) is 0 Å². The molecule has 3 aromatic rings. The van der Waals surface area contributed by atoms with E-state index in [2.05, 4.69) is 36.9 Å². The highest BCUT2D eigenvalue weighted by molar-refractivity contribution is 6.33. The molecule has 0 aromatic heterocycles. The molecule has 1 aliphatic carbocycles. The Kier molecular flexibility index (Phi) is 5.94. The molecule has 0 spiro atoms. The van der Waals surface area contributed by atoms with Crippen LogP contribution in [0.15, 0.2) is 54.6 Å². The number of halogens is 1. The lowest BCUT2D eigenvalue weighted by Crippen LogP contribution is -2.60. The lowest BCUT2D eigenvalue weighted by molar-refractivity contribution is 0.0278. The Hall–Kier alpha value is -3.15. The smallest absolute Gasteiger partial charge is 0.199 e. The van der Waals surface area contributed by atoms with Crippen LogP contribution in [-0.4, -0.2) is 47.5 Å². The third-order valence-electron chi connectivity index (χ3n) is 7.52. The van der Waals surface area contributed by atoms with Crippen molar-refractivity contribution in [3.63, 3.8) is 0 Å². The third-order valence-corrected chi connectivity index (χ3v) is 7.52. The van der Waals surface area contributed by atoms with Gasteiger partial charge in [0.15, 0.2) is 17.1 Å². The first kappa shape index (κ1) is 23.6. The van der Waals surface area contributed by atoms with E-state index in [4.69, 9.17) is 0 Å². The van der Waals surface area contributed by atoms with E-state index in [0.29, 0.717) is 18.7 Å². The molecule has 0 saturated carbocycles. The summed E-state index contributed by atoms with van der Waals surface area (Å²) in [5.41, 5.74) is 4.99. The van der Waals surface area contributed by atoms with Crippen molar-refractivity contribution in [2.75, 3.05) is 26.2 Å². The van der Waals surface area contributed by atoms with Gasteiger partial charge in [-0.25, -0.2) is 4.39 Å². The van der Waals surface area contributed by atoms with Crippen LogP contribution >= 0.6 is 0 Å². The monoisotopic (exact) mass is 470 g/mol. The highest BCUT2D eigenvalue weighted by Crippen LogP contribution is 2.44. The molecular formula is C30H31FN2O2. The van der Waals surface area contributed by atoms with Gasteiger partial charge in [0.25, 0.3) is 0 Å². The number of carbonyl (C=O) groups is 2. The number of nitrogens with zero attached hydrogens (tertiary/aromatic N) is 2. The normalized spacial score (nSPS) is 20.9. The first-order valence-electron chi connectivity index (χ1n) is 12.2. The van der Waals surface area contributed by atoms with E-state index in [0.717, 1.165) is 30.8 Å². The summed E-state index contributed by atoms with van der Waals surface area (Å²) in [7, 11) is 0. The summed E-state index contributed by atoms with van der Waals surface area (Å²) < 4.78 is 14.9. The van der Waals surface area contributed by atoms with Gasteiger partial charge in [0.1, 0.15) is 5.82 Å². The molecule has 0 bridgehead atoms. The highest BCUT2D eigenvalue weighted by Gasteiger charge is 2.59. The zero-order valence-corrected chi connectivity index (χ0v) is 20.8. The third kappa shape index (κ3) is 3.83. The summed E-state index contributed by atoms with van der Waals surface area (Å²) in [6, 6.07) is 16.7. The molecule has 5 rings (SSSR count). The van der Waals surface area contributed by atoms with Crippen LogP contribution < -0.4 is 0 Å². The van der Waals surface area contributed by atoms with Gasteiger partial charge in [-0.15, -0.1) is 0 Å². The van der Waals surface area contributed by atoms with Gasteiger partial charge in [0.2, 0.25) is 0 Å². The predicted octanol–water partition coefficient (Wildman–Crippen LogP) is 5.15. The number of carbonyl (C=O) groups excluding carboxylic acids is 2. The highest BCUT2D eigenvalue weighted by atomic mass is 19.1. The number of piperazine rings is 1. The molecule has 0 radical (unpaired) electrons. The van der Waals surface area contributed by atoms with Crippen molar-refractivity contribution in [2.45, 2.75) is 39.8 Å². The molecule has 0 amide bonds. The lowest BCUT2D eigenvalue weighted by atomic mass is 9.81. The second-order valence-electron chi connectivity index (χ2n) is 10.1. The number of rotatable bonds is 4. The van der Waals surface area contributed by atoms with E-state index in [9.17, 15) is 14.0 Å². The molecule has 1 fully saturated rings. The van der Waals surface area contributed by atoms with E-state index < -0.39 is 17.1 Å². The Bertz CT molecular complexity index is 1320. The first-order chi connectivity index (χ1) is 16.7. The maximum Gasteiger partial charge on any atom is 0.199 e. The topological polar surface area (TPSA) is 40.6 Å². The van der Waals surface area contributed by atoms with Crippen LogP contribution in [0.1, 0.15) is 54.1 Å². The second kappa shape index (κ2) is 8.81. The van der Waals surface area contributed by atoms with Crippen LogP contribution in [0.3, 0.4) is 0 Å². The van der Waals surface area contributed by atoms with Crippen molar-refractivity contribution < 1.29 is 14.0 Å². The fourth-order valence-corrected chi connectivity index (χ4v) is 5.84. The van der Waals surface area contributed by atoms with Crippen molar-refractivity contribution in [3.8, 4) is 0 Å². The van der Waals surface area contributed by atoms with Gasteiger partial charge >= 0.3 is 0 Å². The molecule has 4 nitrogen and oxygen atoms in total. The Morgan fingerprint density at radius 3 is 2.11 bits per heavy atom. The molecule has 1 atom stereocenters. The van der Waals surface area contributed by atoms with Crippen molar-refractivity contribution in [1.29, 1.82) is 0 Å². The Morgan fingerprint density at radius 1 is 0.800 bits per heavy atom. The molecule has 1 heterocycles. The summed E-state index contributed by atoms with van der Waals surface area (Å²) in [5, 5.41) is 0. The zero-order valence-electron chi connectivity index (χ0n) is 20.8. The maximum atomic E-state index is 14.9. The molecule has 2 aliphatic rings. The maximum absolute atomic E-state index is 14.9. The van der Waals surface area contributed by atoms with Crippen LogP contribution in [0.2, 0.25) is 0 Å². The number of fused-ring (bicyclic) bond motifs is 1. The summed E-state index contributed by atoms with van der Waals surface area (Å²) in [4.78, 5) is 32.4. The van der Waals surface area contributed by atoms with Crippen LogP contribution in [0, 0.1) is 33.5 Å². The fourth-order valence-electron chi connectivity index (χ4n) is 5.84. The van der Waals surface area contributed by atoms with Crippen molar-refractivity contribution in [2.24, 2.45) is 0 Å². The van der Waals surface area contributed by atoms with Gasteiger partial charge in [-0.05, 0) is 50.5 Å². The quantitative estimate of drug-likeness (QED) is 0.495. The van der Waals surface area contributed by atoms with E-state index >= 15 is 0 Å². The Labute approximate surface area is 206 Å². The molecule has 5 heteroatoms. The van der Waals surface area contributed by atoms with Gasteiger partial charge in [0, 0.05) is 38.3 Å². The summed E-state index contributed by atoms with van der Waals surface area (Å²) >= 11 is 0. The van der Waals surface area contributed by atoms with E-state index in [-0.39, 0.29) is 16.9 Å². The number of hydrogen-bond donors (Lipinski definition) is 0. The van der Waals surface area contributed by atoms with E-state index in [1.165, 1.54) is 28.8 Å². The lowest BCUT2D eigenvalue weighted by Gasteiger charge is -2.44. The molecule has 1 aliphatic heterocycles. The SMILES string of the molecule is Cc1cc(C)cc(C2(N3CCN(Cc4ccc(C)cc4C)CC3)C(=O)c3cccc(F)c3C2=O)c1. The number of aryl methyl sites for hydroxylation is 4. The largest absolute Gasteiger partial charge is 0.297 e. The predicted molar refractivity (Wildman–Crippen MR) is 135 cm³/mol. The summed E-state index contributed by atoms with van der Waals surface area (Å²) in [6.45, 7) is 11.5. The minimum atomic E-state index is -1.52. The fraction of sp³-hybridized carbons (Fsp3) is 0.333. The number of benzene rings is 3.